The van der Waals surface area contributed by atoms with E-state index in [9.17, 15) is 0 Å². The lowest BCUT2D eigenvalue weighted by molar-refractivity contribution is 0.297. The zero-order valence-corrected chi connectivity index (χ0v) is 8.11. The summed E-state index contributed by atoms with van der Waals surface area (Å²) in [6.45, 7) is 0.794. The fourth-order valence-electron chi connectivity index (χ4n) is 1.86. The molecule has 2 aliphatic carbocycles. The molecule has 0 spiro atoms. The van der Waals surface area contributed by atoms with E-state index in [2.05, 4.69) is 41.8 Å². The topological polar surface area (TPSA) is 32.3 Å². The lowest BCUT2D eigenvalue weighted by Gasteiger charge is -2.23. The van der Waals surface area contributed by atoms with Crippen molar-refractivity contribution in [2.45, 2.75) is 6.42 Å². The molecule has 0 saturated heterocycles. The molecule has 1 atom stereocenters. The first kappa shape index (κ1) is 9.28. The molecule has 0 amide bonds. The van der Waals surface area contributed by atoms with Crippen molar-refractivity contribution >= 4 is 0 Å². The highest BCUT2D eigenvalue weighted by molar-refractivity contribution is 5.43. The van der Waals surface area contributed by atoms with Gasteiger partial charge in [-0.25, -0.2) is 0 Å². The summed E-state index contributed by atoms with van der Waals surface area (Å²) in [5.41, 5.74) is 2.49. The predicted octanol–water partition coefficient (Wildman–Crippen LogP) is 1.52. The number of rotatable bonds is 3. The van der Waals surface area contributed by atoms with Crippen LogP contribution in [0.3, 0.4) is 0 Å². The zero-order valence-electron chi connectivity index (χ0n) is 8.11. The molecule has 2 nitrogen and oxygen atoms in total. The molecule has 0 aromatic rings. The molecular formula is C12H15NO. The fourth-order valence-corrected chi connectivity index (χ4v) is 1.86. The van der Waals surface area contributed by atoms with Crippen molar-refractivity contribution in [2.75, 3.05) is 13.2 Å². The van der Waals surface area contributed by atoms with E-state index in [-0.39, 0.29) is 6.61 Å². The van der Waals surface area contributed by atoms with Crippen LogP contribution >= 0.6 is 0 Å². The van der Waals surface area contributed by atoms with E-state index in [1.165, 1.54) is 5.57 Å². The Morgan fingerprint density at radius 3 is 3.14 bits per heavy atom. The van der Waals surface area contributed by atoms with E-state index in [0.717, 1.165) is 12.1 Å². The van der Waals surface area contributed by atoms with E-state index in [4.69, 9.17) is 5.11 Å². The fraction of sp³-hybridized carbons (Fsp3) is 0.333. The van der Waals surface area contributed by atoms with Gasteiger partial charge in [-0.2, -0.15) is 0 Å². The van der Waals surface area contributed by atoms with Gasteiger partial charge in [-0.15, -0.1) is 0 Å². The summed E-state index contributed by atoms with van der Waals surface area (Å²) in [7, 11) is 0. The summed E-state index contributed by atoms with van der Waals surface area (Å²) in [5, 5.41) is 12.0. The van der Waals surface area contributed by atoms with Gasteiger partial charge in [0.15, 0.2) is 0 Å². The van der Waals surface area contributed by atoms with Crippen LogP contribution in [0.15, 0.2) is 47.7 Å². The van der Waals surface area contributed by atoms with Crippen LogP contribution in [-0.4, -0.2) is 18.3 Å². The van der Waals surface area contributed by atoms with Crippen LogP contribution in [0.4, 0.5) is 0 Å². The quantitative estimate of drug-likeness (QED) is 0.705. The minimum absolute atomic E-state index is 0.175. The van der Waals surface area contributed by atoms with Crippen LogP contribution in [0.5, 0.6) is 0 Å². The first-order valence-corrected chi connectivity index (χ1v) is 5.02. The van der Waals surface area contributed by atoms with Crippen molar-refractivity contribution in [2.24, 2.45) is 5.92 Å². The summed E-state index contributed by atoms with van der Waals surface area (Å²) in [5.74, 6) is 0.520. The predicted molar refractivity (Wildman–Crippen MR) is 57.6 cm³/mol. The molecule has 0 bridgehead atoms. The molecule has 0 fully saturated rings. The highest BCUT2D eigenvalue weighted by Gasteiger charge is 2.16. The first-order chi connectivity index (χ1) is 6.92. The van der Waals surface area contributed by atoms with Crippen molar-refractivity contribution in [1.29, 1.82) is 0 Å². The Kier molecular flexibility index (Phi) is 2.84. The van der Waals surface area contributed by atoms with Crippen LogP contribution in [-0.2, 0) is 0 Å². The Bertz CT molecular complexity index is 323. The monoisotopic (exact) mass is 189 g/mol. The summed E-state index contributed by atoms with van der Waals surface area (Å²) < 4.78 is 0. The van der Waals surface area contributed by atoms with Crippen LogP contribution < -0.4 is 5.32 Å². The van der Waals surface area contributed by atoms with E-state index >= 15 is 0 Å². The van der Waals surface area contributed by atoms with Crippen molar-refractivity contribution < 1.29 is 5.11 Å². The molecule has 0 heterocycles. The number of fused-ring (bicyclic) bond motifs is 1. The Morgan fingerprint density at radius 2 is 2.29 bits per heavy atom. The molecule has 0 saturated carbocycles. The van der Waals surface area contributed by atoms with Gasteiger partial charge in [0.05, 0.1) is 6.61 Å². The highest BCUT2D eigenvalue weighted by Crippen LogP contribution is 2.28. The van der Waals surface area contributed by atoms with Gasteiger partial charge in [-0.1, -0.05) is 30.4 Å². The van der Waals surface area contributed by atoms with Crippen LogP contribution in [0.25, 0.3) is 0 Å². The summed E-state index contributed by atoms with van der Waals surface area (Å²) in [4.78, 5) is 0. The van der Waals surface area contributed by atoms with Gasteiger partial charge in [0.2, 0.25) is 0 Å². The van der Waals surface area contributed by atoms with Crippen LogP contribution in [0, 0.1) is 5.92 Å². The molecule has 1 unspecified atom stereocenters. The standard InChI is InChI=1S/C12H15NO/c14-9-8-13-12-7-3-5-10-4-1-2-6-11(10)12/h1-4,6-7,10,13-14H,5,8-9H2. The number of hydrogen-bond acceptors (Lipinski definition) is 2. The van der Waals surface area contributed by atoms with E-state index < -0.39 is 0 Å². The molecule has 0 radical (unpaired) electrons. The molecular weight excluding hydrogens is 174 g/mol. The van der Waals surface area contributed by atoms with Gasteiger partial charge in [-0.05, 0) is 18.1 Å². The number of aliphatic hydroxyl groups is 1. The smallest absolute Gasteiger partial charge is 0.0604 e. The summed E-state index contributed by atoms with van der Waals surface area (Å²) in [6.07, 6.45) is 13.9. The third-order valence-electron chi connectivity index (χ3n) is 2.54. The van der Waals surface area contributed by atoms with Gasteiger partial charge in [0, 0.05) is 18.2 Å². The molecule has 14 heavy (non-hydrogen) atoms. The average molecular weight is 189 g/mol. The Hall–Kier alpha value is -1.28. The maximum Gasteiger partial charge on any atom is 0.0604 e. The molecule has 2 aliphatic rings. The third kappa shape index (κ3) is 1.80. The van der Waals surface area contributed by atoms with Gasteiger partial charge >= 0.3 is 0 Å². The van der Waals surface area contributed by atoms with Crippen molar-refractivity contribution in [3.63, 3.8) is 0 Å². The second-order valence-electron chi connectivity index (χ2n) is 3.51. The third-order valence-corrected chi connectivity index (χ3v) is 2.54. The van der Waals surface area contributed by atoms with Crippen molar-refractivity contribution in [3.8, 4) is 0 Å². The molecule has 2 heteroatoms. The van der Waals surface area contributed by atoms with Crippen LogP contribution in [0.2, 0.25) is 0 Å². The number of hydrogen-bond donors (Lipinski definition) is 2. The second kappa shape index (κ2) is 4.29. The lowest BCUT2D eigenvalue weighted by Crippen LogP contribution is -2.21. The largest absolute Gasteiger partial charge is 0.395 e. The van der Waals surface area contributed by atoms with E-state index in [1.807, 2.05) is 0 Å². The Morgan fingerprint density at radius 1 is 1.36 bits per heavy atom. The van der Waals surface area contributed by atoms with E-state index in [1.54, 1.807) is 0 Å². The maximum absolute atomic E-state index is 8.75. The van der Waals surface area contributed by atoms with Crippen molar-refractivity contribution in [3.05, 3.63) is 47.7 Å². The average Bonchev–Trinajstić information content (AvgIpc) is 2.26. The Balaban J connectivity index is 2.18. The van der Waals surface area contributed by atoms with Gasteiger partial charge in [0.25, 0.3) is 0 Å². The minimum Gasteiger partial charge on any atom is -0.395 e. The molecule has 0 aromatic carbocycles. The second-order valence-corrected chi connectivity index (χ2v) is 3.51. The summed E-state index contributed by atoms with van der Waals surface area (Å²) in [6, 6.07) is 0. The highest BCUT2D eigenvalue weighted by atomic mass is 16.3. The minimum atomic E-state index is 0.175. The normalized spacial score (nSPS) is 23.9. The molecule has 2 N–H and O–H groups in total. The van der Waals surface area contributed by atoms with Gasteiger partial charge in [0.1, 0.15) is 0 Å². The summed E-state index contributed by atoms with van der Waals surface area (Å²) >= 11 is 0. The molecule has 0 aromatic heterocycles. The maximum atomic E-state index is 8.75. The lowest BCUT2D eigenvalue weighted by atomic mass is 9.86. The van der Waals surface area contributed by atoms with Gasteiger partial charge < -0.3 is 10.4 Å². The SMILES string of the molecule is OCCNC1=C2C=CC=CC2CC=C1. The zero-order chi connectivity index (χ0) is 9.80. The number of allylic oxidation sites excluding steroid dienone is 7. The first-order valence-electron chi connectivity index (χ1n) is 5.02. The van der Waals surface area contributed by atoms with Crippen molar-refractivity contribution in [1.82, 2.24) is 5.32 Å². The van der Waals surface area contributed by atoms with Gasteiger partial charge in [-0.3, -0.25) is 0 Å². The van der Waals surface area contributed by atoms with Crippen LogP contribution in [0.1, 0.15) is 6.42 Å². The van der Waals surface area contributed by atoms with E-state index in [0.29, 0.717) is 12.5 Å². The number of nitrogens with one attached hydrogen (secondary N) is 1. The Labute approximate surface area is 84.3 Å². The number of aliphatic hydroxyl groups excluding tert-OH is 1. The molecule has 74 valence electrons. The molecule has 2 rings (SSSR count). The molecule has 0 aliphatic heterocycles.